The summed E-state index contributed by atoms with van der Waals surface area (Å²) in [7, 11) is 0. The first-order valence-electron chi connectivity index (χ1n) is 22.0. The van der Waals surface area contributed by atoms with Crippen LogP contribution in [0.5, 0.6) is 0 Å². The zero-order chi connectivity index (χ0) is 44.2. The van der Waals surface area contributed by atoms with Gasteiger partial charge in [0.15, 0.2) is 11.6 Å². The number of aryl methyl sites for hydroxylation is 8. The van der Waals surface area contributed by atoms with Crippen LogP contribution in [-0.2, 0) is 44.8 Å². The molecule has 1 N–H and O–H groups in total. The molecule has 6 rings (SSSR count). The Morgan fingerprint density at radius 1 is 0.623 bits per heavy atom. The van der Waals surface area contributed by atoms with Crippen LogP contribution >= 0.6 is 23.5 Å². The van der Waals surface area contributed by atoms with Crippen molar-refractivity contribution in [1.82, 2.24) is 9.97 Å². The Morgan fingerprint density at radius 2 is 1.03 bits per heavy atom. The van der Waals surface area contributed by atoms with Crippen LogP contribution in [0, 0.1) is 39.5 Å². The number of thioether (sulfide) groups is 2. The van der Waals surface area contributed by atoms with Crippen LogP contribution in [0.15, 0.2) is 82.5 Å². The molecule has 2 unspecified atom stereocenters. The first-order chi connectivity index (χ1) is 29.2. The van der Waals surface area contributed by atoms with Gasteiger partial charge in [-0.25, -0.2) is 9.97 Å². The summed E-state index contributed by atoms with van der Waals surface area (Å²) in [4.78, 5) is 47.3. The highest BCUT2D eigenvalue weighted by Gasteiger charge is 2.33. The van der Waals surface area contributed by atoms with E-state index in [1.807, 2.05) is 38.4 Å². The van der Waals surface area contributed by atoms with E-state index in [4.69, 9.17) is 4.74 Å². The summed E-state index contributed by atoms with van der Waals surface area (Å²) in [6.45, 7) is 18.1. The fourth-order valence-electron chi connectivity index (χ4n) is 8.55. The highest BCUT2D eigenvalue weighted by molar-refractivity contribution is 7.99. The first-order valence-corrected chi connectivity index (χ1v) is 24.0. The third-order valence-corrected chi connectivity index (χ3v) is 13.5. The van der Waals surface area contributed by atoms with Gasteiger partial charge in [-0.3, -0.25) is 14.4 Å². The molecule has 2 heterocycles. The summed E-state index contributed by atoms with van der Waals surface area (Å²) in [6, 6.07) is 16.8. The number of benzene rings is 2. The zero-order valence-electron chi connectivity index (χ0n) is 37.7. The number of ether oxygens (including phenoxy) is 1. The second-order valence-electron chi connectivity index (χ2n) is 16.6. The molecule has 0 amide bonds. The number of aliphatic hydroxyl groups is 1. The number of aliphatic hydroxyl groups excluding tert-OH is 1. The monoisotopic (exact) mass is 860 g/mol. The Kier molecular flexibility index (Phi) is 17.6. The van der Waals surface area contributed by atoms with Crippen molar-refractivity contribution in [2.75, 3.05) is 11.5 Å². The van der Waals surface area contributed by atoms with Gasteiger partial charge in [-0.2, -0.15) is 0 Å². The number of ketones is 2. The van der Waals surface area contributed by atoms with Crippen LogP contribution in [0.1, 0.15) is 129 Å². The summed E-state index contributed by atoms with van der Waals surface area (Å²) in [5.41, 5.74) is 12.5. The maximum Gasteiger partial charge on any atom is 0.307 e. The smallest absolute Gasteiger partial charge is 0.307 e. The van der Waals surface area contributed by atoms with E-state index in [0.29, 0.717) is 42.6 Å². The molecule has 2 aromatic heterocycles. The topological polar surface area (TPSA) is 106 Å². The molecule has 0 saturated carbocycles. The lowest BCUT2D eigenvalue weighted by atomic mass is 9.79. The van der Waals surface area contributed by atoms with Gasteiger partial charge in [0.1, 0.15) is 11.5 Å². The van der Waals surface area contributed by atoms with Gasteiger partial charge in [-0.1, -0.05) is 75.2 Å². The van der Waals surface area contributed by atoms with Crippen molar-refractivity contribution in [2.24, 2.45) is 11.8 Å². The minimum atomic E-state index is -0.368. The molecular formula is C52H64N2O5S2. The van der Waals surface area contributed by atoms with Crippen molar-refractivity contribution in [3.05, 3.63) is 128 Å². The molecule has 0 radical (unpaired) electrons. The van der Waals surface area contributed by atoms with Crippen molar-refractivity contribution >= 4 is 52.2 Å². The van der Waals surface area contributed by atoms with E-state index >= 15 is 0 Å². The number of rotatable bonds is 15. The molecule has 0 aliphatic heterocycles. The second-order valence-corrected chi connectivity index (χ2v) is 18.8. The van der Waals surface area contributed by atoms with Gasteiger partial charge in [0, 0.05) is 45.0 Å². The van der Waals surface area contributed by atoms with Crippen LogP contribution < -0.4 is 0 Å². The Hall–Kier alpha value is -4.47. The lowest BCUT2D eigenvalue weighted by Crippen LogP contribution is -2.23. The van der Waals surface area contributed by atoms with E-state index in [1.54, 1.807) is 23.5 Å². The predicted octanol–water partition coefficient (Wildman–Crippen LogP) is 12.5. The van der Waals surface area contributed by atoms with E-state index in [9.17, 15) is 19.5 Å². The Bertz CT molecular complexity index is 2210. The number of nitrogens with zero attached hydrogens (tertiary/aromatic N) is 2. The van der Waals surface area contributed by atoms with Crippen molar-refractivity contribution in [3.8, 4) is 0 Å². The van der Waals surface area contributed by atoms with Gasteiger partial charge in [-0.05, 0) is 146 Å². The fourth-order valence-corrected chi connectivity index (χ4v) is 10.5. The molecule has 0 saturated heterocycles. The molecule has 4 aromatic rings. The van der Waals surface area contributed by atoms with Crippen LogP contribution in [0.2, 0.25) is 0 Å². The first kappa shape index (κ1) is 47.6. The molecule has 2 aliphatic rings. The molecule has 61 heavy (non-hydrogen) atoms. The molecule has 324 valence electrons. The molecule has 2 aliphatic carbocycles. The van der Waals surface area contributed by atoms with Gasteiger partial charge in [0.25, 0.3) is 0 Å². The van der Waals surface area contributed by atoms with Crippen LogP contribution in [-0.4, -0.2) is 44.1 Å². The second kappa shape index (κ2) is 22.6. The molecule has 9 heteroatoms. The minimum Gasteiger partial charge on any atom is -0.512 e. The summed E-state index contributed by atoms with van der Waals surface area (Å²) in [5, 5.41) is 12.9. The highest BCUT2D eigenvalue weighted by atomic mass is 32.2. The number of aromatic nitrogens is 2. The lowest BCUT2D eigenvalue weighted by molar-refractivity contribution is -0.137. The molecule has 2 atom stereocenters. The van der Waals surface area contributed by atoms with Crippen molar-refractivity contribution < 1.29 is 24.2 Å². The summed E-state index contributed by atoms with van der Waals surface area (Å²) in [6.07, 6.45) is 11.1. The Morgan fingerprint density at radius 3 is 1.41 bits per heavy atom. The Labute approximate surface area is 372 Å². The van der Waals surface area contributed by atoms with Crippen LogP contribution in [0.4, 0.5) is 0 Å². The SMILES string of the molecule is CCc1cc(C)cc(CC)c1C1=C(O)CC(CCSc2ccc(C)cn2)CC1=O.CCc1cc(C)cc(CC)c1C1=C(OC(C)=O)CC(CCSc2ccc(C)cn2)CC1=O. The number of carbonyl (C=O) groups is 3. The average molecular weight is 861 g/mol. The van der Waals surface area contributed by atoms with Crippen LogP contribution in [0.3, 0.4) is 0 Å². The standard InChI is InChI=1S/C27H33NO3S.C25H31NO2S/c1-6-21-12-18(4)13-22(7-2)26(21)27-23(30)14-20(15-24(27)31-19(5)29)10-11-32-25-9-8-17(3)16-28-25;1-5-19-11-17(4)12-20(6-2)24(19)25-21(27)13-18(14-22(25)28)9-10-29-23-8-7-16(3)15-26-23/h8-9,12-13,16,20H,6-7,10-11,14-15H2,1-5H3;7-8,11-12,15,18,27H,5-6,9-10,13-14H2,1-4H3. The van der Waals surface area contributed by atoms with Crippen molar-refractivity contribution in [2.45, 2.75) is 137 Å². The number of hydrogen-bond donors (Lipinski definition) is 1. The summed E-state index contributed by atoms with van der Waals surface area (Å²) < 4.78 is 5.67. The normalized spacial score (nSPS) is 16.7. The van der Waals surface area contributed by atoms with Gasteiger partial charge in [-0.15, -0.1) is 23.5 Å². The van der Waals surface area contributed by atoms with E-state index in [0.717, 1.165) is 105 Å². The average Bonchev–Trinajstić information content (AvgIpc) is 3.22. The predicted molar refractivity (Wildman–Crippen MR) is 252 cm³/mol. The number of carbonyl (C=O) groups excluding carboxylic acids is 3. The number of allylic oxidation sites excluding steroid dienone is 4. The Balaban J connectivity index is 0.000000232. The van der Waals surface area contributed by atoms with Crippen molar-refractivity contribution in [1.29, 1.82) is 0 Å². The molecule has 0 spiro atoms. The number of esters is 1. The maximum atomic E-state index is 13.4. The third-order valence-electron chi connectivity index (χ3n) is 11.5. The van der Waals surface area contributed by atoms with Gasteiger partial charge >= 0.3 is 5.97 Å². The lowest BCUT2D eigenvalue weighted by Gasteiger charge is -2.28. The molecule has 2 aromatic carbocycles. The number of Topliss-reactive ketones (excluding diaryl/α,β-unsaturated/α-hetero) is 2. The molecule has 0 fully saturated rings. The van der Waals surface area contributed by atoms with Gasteiger partial charge < -0.3 is 9.84 Å². The van der Waals surface area contributed by atoms with Crippen molar-refractivity contribution in [3.63, 3.8) is 0 Å². The fraction of sp³-hybridized carbons (Fsp3) is 0.442. The summed E-state index contributed by atoms with van der Waals surface area (Å²) >= 11 is 3.42. The van der Waals surface area contributed by atoms with E-state index in [-0.39, 0.29) is 35.1 Å². The summed E-state index contributed by atoms with van der Waals surface area (Å²) in [5.74, 6) is 2.78. The van der Waals surface area contributed by atoms with E-state index in [1.165, 1.54) is 18.1 Å². The molecule has 7 nitrogen and oxygen atoms in total. The van der Waals surface area contributed by atoms with Gasteiger partial charge in [0.05, 0.1) is 21.2 Å². The molecular weight excluding hydrogens is 797 g/mol. The highest BCUT2D eigenvalue weighted by Crippen LogP contribution is 2.40. The zero-order valence-corrected chi connectivity index (χ0v) is 39.3. The quantitative estimate of drug-likeness (QED) is 0.0923. The number of hydrogen-bond acceptors (Lipinski definition) is 9. The molecule has 0 bridgehead atoms. The maximum absolute atomic E-state index is 13.4. The van der Waals surface area contributed by atoms with E-state index in [2.05, 4.69) is 87.9 Å². The van der Waals surface area contributed by atoms with Crippen LogP contribution in [0.25, 0.3) is 11.1 Å². The minimum absolute atomic E-state index is 0.0872. The largest absolute Gasteiger partial charge is 0.512 e. The third kappa shape index (κ3) is 12.8. The number of pyridine rings is 2. The van der Waals surface area contributed by atoms with E-state index < -0.39 is 0 Å². The van der Waals surface area contributed by atoms with Gasteiger partial charge in [0.2, 0.25) is 0 Å².